The van der Waals surface area contributed by atoms with Crippen molar-refractivity contribution in [2.45, 2.75) is 0 Å². The Morgan fingerprint density at radius 3 is 2.65 bits per heavy atom. The molecular weight excluding hydrogens is 280 g/mol. The smallest absolute Gasteiger partial charge is 0.301 e. The molecule has 0 unspecified atom stereocenters. The van der Waals surface area contributed by atoms with Crippen LogP contribution in [-0.2, 0) is 10.2 Å². The van der Waals surface area contributed by atoms with Crippen molar-refractivity contribution in [3.05, 3.63) is 29.8 Å². The fourth-order valence-electron chi connectivity index (χ4n) is 1.97. The fraction of sp³-hybridized carbons (Fsp3) is 0.417. The molecule has 1 aromatic carbocycles. The van der Waals surface area contributed by atoms with Crippen LogP contribution in [0.5, 0.6) is 0 Å². The molecule has 1 heterocycles. The van der Waals surface area contributed by atoms with Crippen molar-refractivity contribution in [2.24, 2.45) is 0 Å². The quantitative estimate of drug-likeness (QED) is 0.706. The lowest BCUT2D eigenvalue weighted by atomic mass is 10.2. The van der Waals surface area contributed by atoms with Crippen LogP contribution in [0, 0.1) is 0 Å². The zero-order valence-corrected chi connectivity index (χ0v) is 12.0. The highest BCUT2D eigenvalue weighted by molar-refractivity contribution is 7.90. The highest BCUT2D eigenvalue weighted by atomic mass is 32.2. The number of hydrogen-bond acceptors (Lipinski definition) is 4. The lowest BCUT2D eigenvalue weighted by Gasteiger charge is -2.26. The van der Waals surface area contributed by atoms with E-state index in [1.807, 2.05) is 0 Å². The predicted molar refractivity (Wildman–Crippen MR) is 76.8 cm³/mol. The predicted octanol–water partition coefficient (Wildman–Crippen LogP) is -0.392. The second kappa shape index (κ2) is 6.21. The number of hydrogen-bond donors (Lipinski definition) is 3. The average molecular weight is 298 g/mol. The van der Waals surface area contributed by atoms with E-state index in [1.54, 1.807) is 18.2 Å². The number of carbonyl (C=O) groups is 1. The Balaban J connectivity index is 2.14. The maximum absolute atomic E-state index is 12.2. The van der Waals surface area contributed by atoms with Gasteiger partial charge < -0.3 is 10.6 Å². The fourth-order valence-corrected chi connectivity index (χ4v) is 3.18. The summed E-state index contributed by atoms with van der Waals surface area (Å²) in [5, 5.41) is 5.60. The molecule has 0 saturated carbocycles. The highest BCUT2D eigenvalue weighted by Gasteiger charge is 2.23. The van der Waals surface area contributed by atoms with Crippen molar-refractivity contribution in [3.8, 4) is 0 Å². The topological polar surface area (TPSA) is 90.5 Å². The van der Waals surface area contributed by atoms with E-state index in [0.29, 0.717) is 37.4 Å². The molecular formula is C12H18N4O3S. The second-order valence-corrected chi connectivity index (χ2v) is 6.09. The first-order valence-corrected chi connectivity index (χ1v) is 7.78. The molecule has 1 aromatic rings. The number of nitrogens with zero attached hydrogens (tertiary/aromatic N) is 1. The third-order valence-corrected chi connectivity index (χ3v) is 4.55. The Morgan fingerprint density at radius 1 is 1.30 bits per heavy atom. The van der Waals surface area contributed by atoms with Crippen LogP contribution in [0.3, 0.4) is 0 Å². The summed E-state index contributed by atoms with van der Waals surface area (Å²) >= 11 is 0. The van der Waals surface area contributed by atoms with E-state index in [-0.39, 0.29) is 5.91 Å². The Labute approximate surface area is 118 Å². The molecule has 1 saturated heterocycles. The molecule has 110 valence electrons. The molecule has 0 bridgehead atoms. The summed E-state index contributed by atoms with van der Waals surface area (Å²) in [6.45, 7) is 2.15. The summed E-state index contributed by atoms with van der Waals surface area (Å²) in [7, 11) is -2.05. The van der Waals surface area contributed by atoms with Gasteiger partial charge in [-0.15, -0.1) is 0 Å². The van der Waals surface area contributed by atoms with Crippen LogP contribution < -0.4 is 15.4 Å². The second-order valence-electron chi connectivity index (χ2n) is 4.42. The summed E-state index contributed by atoms with van der Waals surface area (Å²) < 4.78 is 28.3. The molecule has 0 aliphatic carbocycles. The third-order valence-electron chi connectivity index (χ3n) is 3.01. The number of rotatable bonds is 4. The molecule has 2 rings (SSSR count). The molecule has 1 amide bonds. The van der Waals surface area contributed by atoms with Crippen molar-refractivity contribution >= 4 is 21.8 Å². The van der Waals surface area contributed by atoms with Crippen LogP contribution in [0.4, 0.5) is 5.69 Å². The van der Waals surface area contributed by atoms with Gasteiger partial charge in [-0.3, -0.25) is 9.52 Å². The average Bonchev–Trinajstić information content (AvgIpc) is 2.47. The summed E-state index contributed by atoms with van der Waals surface area (Å²) in [6.07, 6.45) is 0. The van der Waals surface area contributed by atoms with Crippen molar-refractivity contribution in [1.82, 2.24) is 14.9 Å². The zero-order valence-electron chi connectivity index (χ0n) is 11.2. The van der Waals surface area contributed by atoms with Crippen LogP contribution in [0.2, 0.25) is 0 Å². The van der Waals surface area contributed by atoms with Crippen LogP contribution in [0.25, 0.3) is 0 Å². The summed E-state index contributed by atoms with van der Waals surface area (Å²) in [4.78, 5) is 11.5. The van der Waals surface area contributed by atoms with Gasteiger partial charge in [0, 0.05) is 38.8 Å². The minimum atomic E-state index is -3.57. The molecule has 7 nitrogen and oxygen atoms in total. The van der Waals surface area contributed by atoms with Gasteiger partial charge in [0.15, 0.2) is 0 Å². The highest BCUT2D eigenvalue weighted by Crippen LogP contribution is 2.14. The van der Waals surface area contributed by atoms with Gasteiger partial charge in [0.2, 0.25) is 0 Å². The van der Waals surface area contributed by atoms with E-state index in [1.165, 1.54) is 17.4 Å². The molecule has 3 N–H and O–H groups in total. The SMILES string of the molecule is CNC(=O)c1cccc(NS(=O)(=O)N2CCNCC2)c1. The number of amides is 1. The largest absolute Gasteiger partial charge is 0.355 e. The number of anilines is 1. The maximum Gasteiger partial charge on any atom is 0.301 e. The van der Waals surface area contributed by atoms with Gasteiger partial charge in [-0.25, -0.2) is 0 Å². The van der Waals surface area contributed by atoms with E-state index in [0.717, 1.165) is 0 Å². The Kier molecular flexibility index (Phi) is 4.58. The van der Waals surface area contributed by atoms with Crippen LogP contribution in [-0.4, -0.2) is 51.9 Å². The van der Waals surface area contributed by atoms with Crippen molar-refractivity contribution in [3.63, 3.8) is 0 Å². The van der Waals surface area contributed by atoms with E-state index < -0.39 is 10.2 Å². The van der Waals surface area contributed by atoms with E-state index >= 15 is 0 Å². The Bertz CT molecular complexity index is 582. The standard InChI is InChI=1S/C12H18N4O3S/c1-13-12(17)10-3-2-4-11(9-10)15-20(18,19)16-7-5-14-6-8-16/h2-4,9,14-15H,5-8H2,1H3,(H,13,17). The van der Waals surface area contributed by atoms with Gasteiger partial charge >= 0.3 is 10.2 Å². The molecule has 0 atom stereocenters. The normalized spacial score (nSPS) is 16.6. The maximum atomic E-state index is 12.2. The molecule has 0 aromatic heterocycles. The Morgan fingerprint density at radius 2 is 2.00 bits per heavy atom. The van der Waals surface area contributed by atoms with Crippen molar-refractivity contribution < 1.29 is 13.2 Å². The molecule has 1 fully saturated rings. The summed E-state index contributed by atoms with van der Waals surface area (Å²) in [6, 6.07) is 6.40. The molecule has 0 radical (unpaired) electrons. The zero-order chi connectivity index (χ0) is 14.6. The number of carbonyl (C=O) groups excluding carboxylic acids is 1. The first kappa shape index (κ1) is 14.8. The number of nitrogens with one attached hydrogen (secondary N) is 3. The number of piperazine rings is 1. The molecule has 8 heteroatoms. The minimum absolute atomic E-state index is 0.256. The minimum Gasteiger partial charge on any atom is -0.355 e. The van der Waals surface area contributed by atoms with Gasteiger partial charge in [-0.05, 0) is 18.2 Å². The molecule has 0 spiro atoms. The first-order chi connectivity index (χ1) is 9.53. The Hall–Kier alpha value is -1.64. The lowest BCUT2D eigenvalue weighted by molar-refractivity contribution is 0.0963. The lowest BCUT2D eigenvalue weighted by Crippen LogP contribution is -2.48. The molecule has 1 aliphatic heterocycles. The monoisotopic (exact) mass is 298 g/mol. The first-order valence-electron chi connectivity index (χ1n) is 6.34. The van der Waals surface area contributed by atoms with Crippen LogP contribution in [0.15, 0.2) is 24.3 Å². The number of benzene rings is 1. The molecule has 20 heavy (non-hydrogen) atoms. The van der Waals surface area contributed by atoms with Crippen molar-refractivity contribution in [1.29, 1.82) is 0 Å². The van der Waals surface area contributed by atoms with Gasteiger partial charge in [0.25, 0.3) is 5.91 Å². The third kappa shape index (κ3) is 3.47. The van der Waals surface area contributed by atoms with E-state index in [9.17, 15) is 13.2 Å². The van der Waals surface area contributed by atoms with Crippen LogP contribution >= 0.6 is 0 Å². The summed E-state index contributed by atoms with van der Waals surface area (Å²) in [5.41, 5.74) is 0.789. The van der Waals surface area contributed by atoms with E-state index in [2.05, 4.69) is 15.4 Å². The summed E-state index contributed by atoms with van der Waals surface area (Å²) in [5.74, 6) is -0.256. The molecule has 1 aliphatic rings. The van der Waals surface area contributed by atoms with Gasteiger partial charge in [0.1, 0.15) is 0 Å². The van der Waals surface area contributed by atoms with Gasteiger partial charge in [-0.1, -0.05) is 6.07 Å². The van der Waals surface area contributed by atoms with Gasteiger partial charge in [0.05, 0.1) is 5.69 Å². The van der Waals surface area contributed by atoms with E-state index in [4.69, 9.17) is 0 Å². The van der Waals surface area contributed by atoms with Crippen molar-refractivity contribution in [2.75, 3.05) is 37.9 Å². The van der Waals surface area contributed by atoms with Gasteiger partial charge in [-0.2, -0.15) is 12.7 Å². The van der Waals surface area contributed by atoms with Crippen LogP contribution in [0.1, 0.15) is 10.4 Å².